The first-order chi connectivity index (χ1) is 16.3. The van der Waals surface area contributed by atoms with E-state index >= 15 is 0 Å². The van der Waals surface area contributed by atoms with E-state index in [0.717, 1.165) is 0 Å². The molecule has 1 aliphatic heterocycles. The third kappa shape index (κ3) is 4.74. The number of hydrogen-bond donors (Lipinski definition) is 4. The highest BCUT2D eigenvalue weighted by molar-refractivity contribution is 6.31. The molecular formula is C23H15Cl3N4O5. The fourth-order valence-electron chi connectivity index (χ4n) is 3.90. The van der Waals surface area contributed by atoms with Gasteiger partial charge in [-0.1, -0.05) is 18.2 Å². The number of halogens is 3. The molecule has 5 rings (SSSR count). The molecule has 0 saturated heterocycles. The Bertz CT molecular complexity index is 1400. The van der Waals surface area contributed by atoms with Crippen LogP contribution in [0.3, 0.4) is 0 Å². The van der Waals surface area contributed by atoms with Crippen molar-refractivity contribution in [2.24, 2.45) is 0 Å². The number of phenolic OH excluding ortho intramolecular Hbond substituents is 2. The molecule has 35 heavy (non-hydrogen) atoms. The van der Waals surface area contributed by atoms with Crippen molar-refractivity contribution in [2.75, 3.05) is 5.32 Å². The van der Waals surface area contributed by atoms with Crippen LogP contribution in [0.25, 0.3) is 0 Å². The molecule has 12 heteroatoms. The summed E-state index contributed by atoms with van der Waals surface area (Å²) in [6, 6.07) is 14.0. The van der Waals surface area contributed by atoms with Crippen molar-refractivity contribution in [3.8, 4) is 23.0 Å². The van der Waals surface area contributed by atoms with Crippen molar-refractivity contribution in [1.29, 1.82) is 0 Å². The van der Waals surface area contributed by atoms with Crippen LogP contribution in [0.5, 0.6) is 23.0 Å². The summed E-state index contributed by atoms with van der Waals surface area (Å²) in [7, 11) is 0. The predicted octanol–water partition coefficient (Wildman–Crippen LogP) is 5.74. The molecule has 0 saturated carbocycles. The minimum atomic E-state index is -1.16. The standard InChI is InChI=1S/C23H14Cl2N4O5.ClH/c24-21-27-22(25)29-23(28-21)26-10-1-4-13(16(7-10)20(32)33)19-14-5-2-11(30)8-17(14)34-18-9-12(31)3-6-15(18)19;/h1-9,19,30-31H,(H,32,33)(H,26,27,28,29);1H. The second-order valence-electron chi connectivity index (χ2n) is 7.41. The molecule has 0 fully saturated rings. The number of rotatable bonds is 4. The molecule has 2 heterocycles. The Hall–Kier alpha value is -3.79. The molecule has 178 valence electrons. The molecule has 0 aliphatic carbocycles. The van der Waals surface area contributed by atoms with Gasteiger partial charge >= 0.3 is 5.97 Å². The monoisotopic (exact) mass is 532 g/mol. The van der Waals surface area contributed by atoms with Gasteiger partial charge in [0.2, 0.25) is 16.5 Å². The van der Waals surface area contributed by atoms with Gasteiger partial charge in [-0.3, -0.25) is 0 Å². The Labute approximate surface area is 214 Å². The first-order valence-corrected chi connectivity index (χ1v) is 10.6. The van der Waals surface area contributed by atoms with Crippen LogP contribution in [-0.4, -0.2) is 36.2 Å². The van der Waals surface area contributed by atoms with Crippen molar-refractivity contribution in [1.82, 2.24) is 15.0 Å². The Kier molecular flexibility index (Phi) is 6.58. The van der Waals surface area contributed by atoms with Crippen LogP contribution < -0.4 is 10.1 Å². The number of aromatic carboxylic acids is 1. The van der Waals surface area contributed by atoms with Crippen LogP contribution in [0.4, 0.5) is 11.6 Å². The minimum absolute atomic E-state index is 0. The van der Waals surface area contributed by atoms with Crippen molar-refractivity contribution >= 4 is 53.2 Å². The molecule has 4 aromatic rings. The fourth-order valence-corrected chi connectivity index (χ4v) is 4.27. The zero-order valence-corrected chi connectivity index (χ0v) is 19.8. The molecule has 1 aliphatic rings. The number of fused-ring (bicyclic) bond motifs is 2. The highest BCUT2D eigenvalue weighted by atomic mass is 35.5. The molecule has 0 spiro atoms. The number of benzene rings is 3. The Morgan fingerprint density at radius 3 is 1.91 bits per heavy atom. The molecule has 1 aromatic heterocycles. The number of carboxylic acid groups (broad SMARTS) is 1. The highest BCUT2D eigenvalue weighted by Crippen LogP contribution is 2.49. The molecule has 9 nitrogen and oxygen atoms in total. The van der Waals surface area contributed by atoms with Gasteiger partial charge in [0.25, 0.3) is 0 Å². The maximum absolute atomic E-state index is 12.3. The summed E-state index contributed by atoms with van der Waals surface area (Å²) in [4.78, 5) is 23.8. The van der Waals surface area contributed by atoms with E-state index in [9.17, 15) is 20.1 Å². The molecule has 0 atom stereocenters. The van der Waals surface area contributed by atoms with E-state index < -0.39 is 11.9 Å². The van der Waals surface area contributed by atoms with Gasteiger partial charge in [-0.2, -0.15) is 15.0 Å². The van der Waals surface area contributed by atoms with E-state index in [-0.39, 0.29) is 46.0 Å². The molecule has 0 unspecified atom stereocenters. The van der Waals surface area contributed by atoms with Crippen LogP contribution in [0, 0.1) is 0 Å². The number of carboxylic acids is 1. The number of carbonyl (C=O) groups is 1. The summed E-state index contributed by atoms with van der Waals surface area (Å²) in [5, 5.41) is 32.6. The van der Waals surface area contributed by atoms with Crippen molar-refractivity contribution in [3.63, 3.8) is 0 Å². The van der Waals surface area contributed by atoms with E-state index in [1.165, 1.54) is 30.3 Å². The van der Waals surface area contributed by atoms with Gasteiger partial charge in [-0.05, 0) is 53.0 Å². The van der Waals surface area contributed by atoms with Crippen LogP contribution in [-0.2, 0) is 0 Å². The highest BCUT2D eigenvalue weighted by Gasteiger charge is 2.32. The smallest absolute Gasteiger partial charge is 0.336 e. The zero-order valence-electron chi connectivity index (χ0n) is 17.4. The second kappa shape index (κ2) is 9.46. The predicted molar refractivity (Wildman–Crippen MR) is 131 cm³/mol. The van der Waals surface area contributed by atoms with Crippen LogP contribution in [0.2, 0.25) is 10.6 Å². The number of aromatic nitrogens is 3. The molecule has 0 radical (unpaired) electrons. The largest absolute Gasteiger partial charge is 0.508 e. The van der Waals surface area contributed by atoms with Gasteiger partial charge in [-0.15, -0.1) is 12.4 Å². The summed E-state index contributed by atoms with van der Waals surface area (Å²) < 4.78 is 5.89. The molecule has 0 bridgehead atoms. The van der Waals surface area contributed by atoms with Crippen LogP contribution >= 0.6 is 35.6 Å². The van der Waals surface area contributed by atoms with E-state index in [2.05, 4.69) is 20.3 Å². The topological polar surface area (TPSA) is 138 Å². The number of phenols is 2. The summed E-state index contributed by atoms with van der Waals surface area (Å²) in [5.74, 6) is -0.935. The maximum Gasteiger partial charge on any atom is 0.336 e. The first-order valence-electron chi connectivity index (χ1n) is 9.83. The lowest BCUT2D eigenvalue weighted by Crippen LogP contribution is -2.15. The maximum atomic E-state index is 12.3. The fraction of sp³-hybridized carbons (Fsp3) is 0.0435. The van der Waals surface area contributed by atoms with Crippen molar-refractivity contribution in [3.05, 3.63) is 87.4 Å². The lowest BCUT2D eigenvalue weighted by molar-refractivity contribution is 0.0695. The number of nitrogens with zero attached hydrogens (tertiary/aromatic N) is 3. The van der Waals surface area contributed by atoms with Gasteiger partial charge < -0.3 is 25.4 Å². The van der Waals surface area contributed by atoms with Crippen molar-refractivity contribution < 1.29 is 24.9 Å². The van der Waals surface area contributed by atoms with E-state index in [1.54, 1.807) is 24.3 Å². The van der Waals surface area contributed by atoms with Gasteiger partial charge in [0.15, 0.2) is 0 Å². The Morgan fingerprint density at radius 2 is 1.37 bits per heavy atom. The van der Waals surface area contributed by atoms with E-state index in [4.69, 9.17) is 27.9 Å². The molecule has 3 aromatic carbocycles. The SMILES string of the molecule is Cl.O=C(O)c1cc(Nc2nc(Cl)nc(Cl)n2)ccc1C1c2ccc(O)cc2Oc2cc(O)ccc21. The number of ether oxygens (including phenoxy) is 1. The number of aromatic hydroxyl groups is 2. The number of anilines is 2. The lowest BCUT2D eigenvalue weighted by atomic mass is 9.80. The second-order valence-corrected chi connectivity index (χ2v) is 8.08. The summed E-state index contributed by atoms with van der Waals surface area (Å²) in [5.41, 5.74) is 2.21. The average molecular weight is 534 g/mol. The normalized spacial score (nSPS) is 12.1. The van der Waals surface area contributed by atoms with E-state index in [0.29, 0.717) is 33.9 Å². The summed E-state index contributed by atoms with van der Waals surface area (Å²) in [6.45, 7) is 0. The third-order valence-electron chi connectivity index (χ3n) is 5.27. The van der Waals surface area contributed by atoms with Gasteiger partial charge in [-0.25, -0.2) is 4.79 Å². The number of nitrogens with one attached hydrogen (secondary N) is 1. The number of hydrogen-bond acceptors (Lipinski definition) is 8. The first kappa shape index (κ1) is 24.3. The third-order valence-corrected chi connectivity index (χ3v) is 5.61. The summed E-state index contributed by atoms with van der Waals surface area (Å²) >= 11 is 11.6. The zero-order chi connectivity index (χ0) is 24.0. The van der Waals surface area contributed by atoms with Crippen LogP contribution in [0.15, 0.2) is 54.6 Å². The van der Waals surface area contributed by atoms with Gasteiger partial charge in [0.1, 0.15) is 23.0 Å². The lowest BCUT2D eigenvalue weighted by Gasteiger charge is -2.29. The van der Waals surface area contributed by atoms with Gasteiger partial charge in [0.05, 0.1) is 5.56 Å². The minimum Gasteiger partial charge on any atom is -0.508 e. The van der Waals surface area contributed by atoms with E-state index in [1.807, 2.05) is 0 Å². The quantitative estimate of drug-likeness (QED) is 0.228. The van der Waals surface area contributed by atoms with Crippen molar-refractivity contribution in [2.45, 2.75) is 5.92 Å². The molecule has 4 N–H and O–H groups in total. The van der Waals surface area contributed by atoms with Gasteiger partial charge in [0, 0.05) is 34.9 Å². The molecule has 0 amide bonds. The average Bonchev–Trinajstić information content (AvgIpc) is 2.76. The summed E-state index contributed by atoms with van der Waals surface area (Å²) in [6.07, 6.45) is 0. The molecular weight excluding hydrogens is 519 g/mol. The Morgan fingerprint density at radius 1 is 0.829 bits per heavy atom. The Balaban J connectivity index is 0.00000289. The van der Waals surface area contributed by atoms with Crippen LogP contribution in [0.1, 0.15) is 33.0 Å².